The van der Waals surface area contributed by atoms with Crippen LogP contribution in [0.2, 0.25) is 0 Å². The molecule has 12 aromatic carbocycles. The molecule has 0 bridgehead atoms. The van der Waals surface area contributed by atoms with Crippen molar-refractivity contribution in [2.75, 3.05) is 4.90 Å². The summed E-state index contributed by atoms with van der Waals surface area (Å²) in [7, 11) is 0. The van der Waals surface area contributed by atoms with Crippen molar-refractivity contribution in [3.05, 3.63) is 200 Å². The van der Waals surface area contributed by atoms with Gasteiger partial charge in [0.05, 0.1) is 17.1 Å². The van der Waals surface area contributed by atoms with Crippen LogP contribution in [-0.4, -0.2) is 0 Å². The zero-order valence-electron chi connectivity index (χ0n) is 31.0. The molecule has 57 heavy (non-hydrogen) atoms. The van der Waals surface area contributed by atoms with E-state index >= 15 is 0 Å². The van der Waals surface area contributed by atoms with E-state index in [0.717, 1.165) is 0 Å². The van der Waals surface area contributed by atoms with Crippen molar-refractivity contribution in [3.8, 4) is 44.5 Å². The van der Waals surface area contributed by atoms with Crippen LogP contribution >= 0.6 is 0 Å². The van der Waals surface area contributed by atoms with Crippen LogP contribution in [0.1, 0.15) is 0 Å². The predicted octanol–water partition coefficient (Wildman–Crippen LogP) is 15.9. The first-order valence-corrected chi connectivity index (χ1v) is 19.9. The summed E-state index contributed by atoms with van der Waals surface area (Å²) in [6.07, 6.45) is 0. The Balaban J connectivity index is 1.24. The molecule has 0 unspecified atom stereocenters. The van der Waals surface area contributed by atoms with Gasteiger partial charge in [-0.15, -0.1) is 0 Å². The van der Waals surface area contributed by atoms with E-state index in [4.69, 9.17) is 0 Å². The number of anilines is 3. The van der Waals surface area contributed by atoms with Crippen molar-refractivity contribution in [2.24, 2.45) is 0 Å². The second-order valence-corrected chi connectivity index (χ2v) is 15.5. The Morgan fingerprint density at radius 3 is 1.16 bits per heavy atom. The minimum Gasteiger partial charge on any atom is -0.309 e. The maximum atomic E-state index is 2.52. The van der Waals surface area contributed by atoms with E-state index in [1.54, 1.807) is 0 Å². The fourth-order valence-corrected chi connectivity index (χ4v) is 10.5. The lowest BCUT2D eigenvalue weighted by atomic mass is 9.87. The smallest absolute Gasteiger partial charge is 0.0541 e. The minimum absolute atomic E-state index is 1.18. The molecule has 0 aromatic heterocycles. The predicted molar refractivity (Wildman–Crippen MR) is 244 cm³/mol. The Morgan fingerprint density at radius 1 is 0.228 bits per heavy atom. The Hall–Kier alpha value is -7.48. The molecule has 0 fully saturated rings. The van der Waals surface area contributed by atoms with E-state index in [1.165, 1.54) is 126 Å². The monoisotopic (exact) mass is 719 g/mol. The minimum atomic E-state index is 1.18. The molecular weight excluding hydrogens is 687 g/mol. The number of hydrogen-bond acceptors (Lipinski definition) is 1. The highest BCUT2D eigenvalue weighted by Crippen LogP contribution is 2.58. The topological polar surface area (TPSA) is 3.24 Å². The van der Waals surface area contributed by atoms with Crippen molar-refractivity contribution < 1.29 is 0 Å². The zero-order chi connectivity index (χ0) is 37.2. The van der Waals surface area contributed by atoms with Crippen molar-refractivity contribution in [1.82, 2.24) is 0 Å². The summed E-state index contributed by atoms with van der Waals surface area (Å²) in [6, 6.07) is 74.4. The third-order valence-electron chi connectivity index (χ3n) is 12.7. The van der Waals surface area contributed by atoms with Crippen LogP contribution in [0.3, 0.4) is 0 Å². The van der Waals surface area contributed by atoms with Crippen LogP contribution in [0.5, 0.6) is 0 Å². The van der Waals surface area contributed by atoms with Crippen LogP contribution in [0.15, 0.2) is 200 Å². The fraction of sp³-hybridized carbons (Fsp3) is 0. The van der Waals surface area contributed by atoms with Gasteiger partial charge in [0.15, 0.2) is 0 Å². The molecule has 0 saturated heterocycles. The van der Waals surface area contributed by atoms with Crippen LogP contribution in [0.25, 0.3) is 109 Å². The lowest BCUT2D eigenvalue weighted by Crippen LogP contribution is -2.11. The normalized spacial score (nSPS) is 12.5. The Bertz CT molecular complexity index is 3370. The van der Waals surface area contributed by atoms with Gasteiger partial charge < -0.3 is 4.90 Å². The standard InChI is InChI=1S/C56H33N/c1-3-16-35(17-4-1)50-53-42-27-13-20-34-21-14-28-43(49(34)42)54(53)51(36-18-5-2-6-19-36)56-45-32-33-48(41-26-15-29-44(52(41)45)55(50)56)57-46-30-11-9-24-39(46)37-22-7-8-23-38(37)40-25-10-12-31-47(40)57/h1-33H. The highest BCUT2D eigenvalue weighted by molar-refractivity contribution is 6.47. The zero-order valence-corrected chi connectivity index (χ0v) is 31.0. The van der Waals surface area contributed by atoms with Crippen LogP contribution in [0.4, 0.5) is 17.1 Å². The SMILES string of the molecule is c1ccc(-c2c3c4cccc5cccc(c3c(-c3ccccc3)c3c6ccc(N7c8ccccc8-c8ccccc8-c8ccccc87)c7cccc(c23)c76)c54)cc1. The average Bonchev–Trinajstić information content (AvgIpc) is 3.75. The Kier molecular flexibility index (Phi) is 6.23. The quantitative estimate of drug-likeness (QED) is 0.176. The van der Waals surface area contributed by atoms with E-state index < -0.39 is 0 Å². The molecule has 1 nitrogen and oxygen atoms in total. The van der Waals surface area contributed by atoms with Crippen molar-refractivity contribution >= 4 is 81.7 Å². The van der Waals surface area contributed by atoms with Gasteiger partial charge in [0.1, 0.15) is 0 Å². The molecule has 0 aliphatic carbocycles. The van der Waals surface area contributed by atoms with E-state index in [2.05, 4.69) is 205 Å². The molecule has 1 aliphatic rings. The fourth-order valence-electron chi connectivity index (χ4n) is 10.5. The third kappa shape index (κ3) is 4.08. The van der Waals surface area contributed by atoms with Gasteiger partial charge in [-0.1, -0.05) is 182 Å². The molecular formula is C56H33N. The summed E-state index contributed by atoms with van der Waals surface area (Å²) < 4.78 is 0. The Labute approximate surface area is 330 Å². The van der Waals surface area contributed by atoms with E-state index in [9.17, 15) is 0 Å². The van der Waals surface area contributed by atoms with Gasteiger partial charge >= 0.3 is 0 Å². The first-order valence-electron chi connectivity index (χ1n) is 19.9. The highest BCUT2D eigenvalue weighted by atomic mass is 15.2. The lowest BCUT2D eigenvalue weighted by Gasteiger charge is -2.28. The van der Waals surface area contributed by atoms with Gasteiger partial charge in [0, 0.05) is 16.5 Å². The summed E-state index contributed by atoms with van der Waals surface area (Å²) >= 11 is 0. The third-order valence-corrected chi connectivity index (χ3v) is 12.7. The maximum absolute atomic E-state index is 2.52. The summed E-state index contributed by atoms with van der Waals surface area (Å²) in [5.41, 5.74) is 13.6. The maximum Gasteiger partial charge on any atom is 0.0541 e. The Morgan fingerprint density at radius 2 is 0.632 bits per heavy atom. The molecule has 0 saturated carbocycles. The number of hydrogen-bond donors (Lipinski definition) is 0. The van der Waals surface area contributed by atoms with Gasteiger partial charge in [0.2, 0.25) is 0 Å². The van der Waals surface area contributed by atoms with Crippen LogP contribution < -0.4 is 4.90 Å². The van der Waals surface area contributed by atoms with Crippen molar-refractivity contribution in [2.45, 2.75) is 0 Å². The molecule has 13 rings (SSSR count). The molecule has 0 amide bonds. The molecule has 12 aromatic rings. The van der Waals surface area contributed by atoms with Gasteiger partial charge in [-0.2, -0.15) is 0 Å². The lowest BCUT2D eigenvalue weighted by molar-refractivity contribution is 1.31. The van der Waals surface area contributed by atoms with E-state index in [1.807, 2.05) is 0 Å². The molecule has 262 valence electrons. The van der Waals surface area contributed by atoms with Crippen LogP contribution in [0, 0.1) is 0 Å². The highest BCUT2D eigenvalue weighted by Gasteiger charge is 2.30. The van der Waals surface area contributed by atoms with Crippen LogP contribution in [-0.2, 0) is 0 Å². The number of para-hydroxylation sites is 2. The summed E-state index contributed by atoms with van der Waals surface area (Å²) in [4.78, 5) is 2.52. The molecule has 1 aliphatic heterocycles. The first kappa shape index (κ1) is 30.8. The first-order chi connectivity index (χ1) is 28.3. The number of rotatable bonds is 3. The number of fused-ring (bicyclic) bond motifs is 11. The molecule has 0 atom stereocenters. The molecule has 1 heteroatoms. The molecule has 0 radical (unpaired) electrons. The van der Waals surface area contributed by atoms with Gasteiger partial charge in [0.25, 0.3) is 0 Å². The second kappa shape index (κ2) is 11.5. The average molecular weight is 720 g/mol. The molecule has 1 heterocycles. The number of nitrogens with zero attached hydrogens (tertiary/aromatic N) is 1. The van der Waals surface area contributed by atoms with Gasteiger partial charge in [-0.05, 0) is 111 Å². The van der Waals surface area contributed by atoms with E-state index in [-0.39, 0.29) is 0 Å². The molecule has 0 spiro atoms. The largest absolute Gasteiger partial charge is 0.309 e. The summed E-state index contributed by atoms with van der Waals surface area (Å²) in [5, 5.41) is 15.7. The van der Waals surface area contributed by atoms with Crippen molar-refractivity contribution in [3.63, 3.8) is 0 Å². The van der Waals surface area contributed by atoms with Gasteiger partial charge in [-0.3, -0.25) is 0 Å². The summed E-state index contributed by atoms with van der Waals surface area (Å²) in [6.45, 7) is 0. The van der Waals surface area contributed by atoms with Gasteiger partial charge in [-0.25, -0.2) is 0 Å². The molecule has 0 N–H and O–H groups in total. The van der Waals surface area contributed by atoms with E-state index in [0.29, 0.717) is 0 Å². The van der Waals surface area contributed by atoms with Crippen molar-refractivity contribution in [1.29, 1.82) is 0 Å². The summed E-state index contributed by atoms with van der Waals surface area (Å²) in [5.74, 6) is 0. The second-order valence-electron chi connectivity index (χ2n) is 15.5. The number of benzene rings is 10.